The molecule has 2 aromatic rings. The third kappa shape index (κ3) is 3.80. The normalized spacial score (nSPS) is 18.4. The lowest BCUT2D eigenvalue weighted by molar-refractivity contribution is -0.122. The molecular weight excluding hydrogens is 366 g/mol. The van der Waals surface area contributed by atoms with Crippen LogP contribution in [0.1, 0.15) is 18.4 Å². The highest BCUT2D eigenvalue weighted by molar-refractivity contribution is 7.90. The van der Waals surface area contributed by atoms with Crippen LogP contribution in [-0.2, 0) is 21.2 Å². The molecule has 0 unspecified atom stereocenters. The van der Waals surface area contributed by atoms with E-state index in [0.717, 1.165) is 12.0 Å². The molecule has 0 aromatic heterocycles. The van der Waals surface area contributed by atoms with Gasteiger partial charge in [-0.1, -0.05) is 24.3 Å². The quantitative estimate of drug-likeness (QED) is 0.842. The van der Waals surface area contributed by atoms with Crippen LogP contribution in [0.4, 0.5) is 5.69 Å². The lowest BCUT2D eigenvalue weighted by atomic mass is 10.1. The Hall–Kier alpha value is -2.87. The fourth-order valence-corrected chi connectivity index (χ4v) is 4.26. The van der Waals surface area contributed by atoms with Crippen molar-refractivity contribution >= 4 is 27.5 Å². The van der Waals surface area contributed by atoms with E-state index in [9.17, 15) is 13.2 Å². The van der Waals surface area contributed by atoms with E-state index in [1.165, 1.54) is 12.1 Å². The second-order valence-electron chi connectivity index (χ2n) is 6.47. The molecule has 0 radical (unpaired) electrons. The topological polar surface area (TPSA) is 96.9 Å². The van der Waals surface area contributed by atoms with E-state index >= 15 is 0 Å². The molecule has 2 heterocycles. The Morgan fingerprint density at radius 3 is 2.78 bits per heavy atom. The van der Waals surface area contributed by atoms with Crippen molar-refractivity contribution in [2.45, 2.75) is 30.3 Å². The van der Waals surface area contributed by atoms with Gasteiger partial charge in [0.15, 0.2) is 6.10 Å². The average Bonchev–Trinajstić information content (AvgIpc) is 3.31. The maximum atomic E-state index is 12.5. The van der Waals surface area contributed by atoms with Crippen LogP contribution in [0.2, 0.25) is 0 Å². The number of amides is 1. The zero-order chi connectivity index (χ0) is 18.9. The molecule has 1 amide bonds. The first-order valence-corrected chi connectivity index (χ1v) is 10.2. The molecular formula is C19H19N3O4S. The number of anilines is 1. The van der Waals surface area contributed by atoms with Gasteiger partial charge < -0.3 is 10.1 Å². The minimum Gasteiger partial charge on any atom is -0.480 e. The SMILES string of the molecule is O=C(Nc1cccc(S(=O)(=O)NC2=NCCC2)c1)[C@H]1Cc2ccccc2O1. The summed E-state index contributed by atoms with van der Waals surface area (Å²) in [5, 5.41) is 2.74. The molecule has 0 saturated heterocycles. The van der Waals surface area contributed by atoms with Crippen molar-refractivity contribution in [1.29, 1.82) is 0 Å². The van der Waals surface area contributed by atoms with Crippen molar-refractivity contribution < 1.29 is 17.9 Å². The summed E-state index contributed by atoms with van der Waals surface area (Å²) in [5.74, 6) is 0.867. The van der Waals surface area contributed by atoms with E-state index in [1.807, 2.05) is 24.3 Å². The summed E-state index contributed by atoms with van der Waals surface area (Å²) in [6.45, 7) is 0.637. The Labute approximate surface area is 157 Å². The van der Waals surface area contributed by atoms with Gasteiger partial charge in [-0.05, 0) is 36.2 Å². The number of sulfonamides is 1. The molecule has 2 aromatic carbocycles. The zero-order valence-corrected chi connectivity index (χ0v) is 15.3. The van der Waals surface area contributed by atoms with E-state index in [0.29, 0.717) is 36.7 Å². The Morgan fingerprint density at radius 1 is 1.15 bits per heavy atom. The van der Waals surface area contributed by atoms with E-state index in [-0.39, 0.29) is 10.8 Å². The number of aliphatic imine (C=N–C) groups is 1. The highest BCUT2D eigenvalue weighted by atomic mass is 32.2. The Balaban J connectivity index is 1.46. The molecule has 2 aliphatic rings. The van der Waals surface area contributed by atoms with E-state index in [2.05, 4.69) is 15.0 Å². The van der Waals surface area contributed by atoms with Gasteiger partial charge in [0.2, 0.25) is 0 Å². The standard InChI is InChI=1S/C19H19N3O4S/c23-19(17-11-13-5-1-2-8-16(13)26-17)21-14-6-3-7-15(12-14)27(24,25)22-18-9-4-10-20-18/h1-3,5-8,12,17H,4,9-11H2,(H,20,22)(H,21,23)/t17-/m1/s1. The number of para-hydroxylation sites is 1. The second-order valence-corrected chi connectivity index (χ2v) is 8.16. The molecule has 2 N–H and O–H groups in total. The molecule has 7 nitrogen and oxygen atoms in total. The van der Waals surface area contributed by atoms with Crippen molar-refractivity contribution in [3.63, 3.8) is 0 Å². The lowest BCUT2D eigenvalue weighted by Crippen LogP contribution is -2.32. The van der Waals surface area contributed by atoms with Crippen molar-refractivity contribution in [3.05, 3.63) is 54.1 Å². The van der Waals surface area contributed by atoms with Crippen LogP contribution in [0.25, 0.3) is 0 Å². The van der Waals surface area contributed by atoms with Gasteiger partial charge in [0.1, 0.15) is 11.6 Å². The summed E-state index contributed by atoms with van der Waals surface area (Å²) < 4.78 is 33.2. The highest BCUT2D eigenvalue weighted by Gasteiger charge is 2.29. The predicted octanol–water partition coefficient (Wildman–Crippen LogP) is 2.10. The molecule has 4 rings (SSSR count). The fourth-order valence-electron chi connectivity index (χ4n) is 3.13. The molecule has 0 fully saturated rings. The highest BCUT2D eigenvalue weighted by Crippen LogP contribution is 2.28. The first-order chi connectivity index (χ1) is 13.0. The van der Waals surface area contributed by atoms with E-state index in [1.54, 1.807) is 12.1 Å². The first-order valence-electron chi connectivity index (χ1n) is 8.73. The second kappa shape index (κ2) is 7.03. The number of nitrogens with zero attached hydrogens (tertiary/aromatic N) is 1. The first kappa shape index (κ1) is 17.5. The van der Waals surface area contributed by atoms with Crippen LogP contribution in [0.15, 0.2) is 58.4 Å². The number of carbonyl (C=O) groups is 1. The minimum absolute atomic E-state index is 0.0746. The summed E-state index contributed by atoms with van der Waals surface area (Å²) in [5.41, 5.74) is 1.38. The number of fused-ring (bicyclic) bond motifs is 1. The van der Waals surface area contributed by atoms with Gasteiger partial charge >= 0.3 is 0 Å². The maximum absolute atomic E-state index is 12.5. The maximum Gasteiger partial charge on any atom is 0.265 e. The molecule has 140 valence electrons. The van der Waals surface area contributed by atoms with Gasteiger partial charge in [-0.15, -0.1) is 0 Å². The fraction of sp³-hybridized carbons (Fsp3) is 0.263. The monoisotopic (exact) mass is 385 g/mol. The Morgan fingerprint density at radius 2 is 2.00 bits per heavy atom. The zero-order valence-electron chi connectivity index (χ0n) is 14.5. The number of benzene rings is 2. The smallest absolute Gasteiger partial charge is 0.265 e. The summed E-state index contributed by atoms with van der Waals surface area (Å²) in [7, 11) is -3.73. The molecule has 27 heavy (non-hydrogen) atoms. The lowest BCUT2D eigenvalue weighted by Gasteiger charge is -2.13. The number of carbonyl (C=O) groups excluding carboxylic acids is 1. The average molecular weight is 385 g/mol. The van der Waals surface area contributed by atoms with Gasteiger partial charge in [-0.3, -0.25) is 14.5 Å². The van der Waals surface area contributed by atoms with Crippen molar-refractivity contribution in [1.82, 2.24) is 4.72 Å². The number of nitrogens with one attached hydrogen (secondary N) is 2. The van der Waals surface area contributed by atoms with Crippen LogP contribution < -0.4 is 14.8 Å². The van der Waals surface area contributed by atoms with Crippen LogP contribution in [0.3, 0.4) is 0 Å². The molecule has 0 aliphatic carbocycles. The Kier molecular flexibility index (Phi) is 4.57. The van der Waals surface area contributed by atoms with Gasteiger partial charge in [-0.2, -0.15) is 0 Å². The molecule has 1 atom stereocenters. The number of ether oxygens (including phenoxy) is 1. The van der Waals surface area contributed by atoms with Crippen LogP contribution >= 0.6 is 0 Å². The number of hydrogen-bond acceptors (Lipinski definition) is 5. The molecule has 8 heteroatoms. The third-order valence-corrected chi connectivity index (χ3v) is 5.86. The van der Waals surface area contributed by atoms with Crippen molar-refractivity contribution in [3.8, 4) is 5.75 Å². The van der Waals surface area contributed by atoms with Crippen molar-refractivity contribution in [2.24, 2.45) is 4.99 Å². The third-order valence-electron chi connectivity index (χ3n) is 4.48. The van der Waals surface area contributed by atoms with Crippen LogP contribution in [-0.4, -0.2) is 32.8 Å². The number of rotatable bonds is 4. The molecule has 0 bridgehead atoms. The minimum atomic E-state index is -3.73. The van der Waals surface area contributed by atoms with Gasteiger partial charge in [0, 0.05) is 25.1 Å². The number of amidine groups is 1. The largest absolute Gasteiger partial charge is 0.480 e. The molecule has 0 saturated carbocycles. The van der Waals surface area contributed by atoms with E-state index < -0.39 is 16.1 Å². The summed E-state index contributed by atoms with van der Waals surface area (Å²) in [6, 6.07) is 13.7. The summed E-state index contributed by atoms with van der Waals surface area (Å²) in [4.78, 5) is 16.7. The molecule has 2 aliphatic heterocycles. The summed E-state index contributed by atoms with van der Waals surface area (Å²) in [6.07, 6.45) is 1.32. The predicted molar refractivity (Wildman–Crippen MR) is 101 cm³/mol. The summed E-state index contributed by atoms with van der Waals surface area (Å²) >= 11 is 0. The van der Waals surface area contributed by atoms with Crippen molar-refractivity contribution in [2.75, 3.05) is 11.9 Å². The molecule has 0 spiro atoms. The van der Waals surface area contributed by atoms with Crippen LogP contribution in [0, 0.1) is 0 Å². The van der Waals surface area contributed by atoms with Crippen LogP contribution in [0.5, 0.6) is 5.75 Å². The van der Waals surface area contributed by atoms with Gasteiger partial charge in [-0.25, -0.2) is 8.42 Å². The van der Waals surface area contributed by atoms with Gasteiger partial charge in [0.05, 0.1) is 4.90 Å². The van der Waals surface area contributed by atoms with E-state index in [4.69, 9.17) is 4.74 Å². The van der Waals surface area contributed by atoms with Gasteiger partial charge in [0.25, 0.3) is 15.9 Å². The number of hydrogen-bond donors (Lipinski definition) is 2. The Bertz CT molecular complexity index is 992.